The standard InChI is InChI=1S/C17H25NO5/c1-17(2,3)23-16(21)18-13(7-10-15(20)22-4)11-12-5-8-14(19)9-6-12/h5-6,8-9,13,19H,7,10-11H2,1-4H3,(H,18,21)/t13-/m0/s1. The molecule has 0 unspecified atom stereocenters. The van der Waals surface area contributed by atoms with Crippen molar-refractivity contribution in [3.8, 4) is 5.75 Å². The average molecular weight is 323 g/mol. The Morgan fingerprint density at radius 1 is 1.22 bits per heavy atom. The Labute approximate surface area is 136 Å². The molecule has 0 radical (unpaired) electrons. The first-order valence-corrected chi connectivity index (χ1v) is 7.54. The lowest BCUT2D eigenvalue weighted by Gasteiger charge is -2.23. The number of aromatic hydroxyl groups is 1. The van der Waals surface area contributed by atoms with Crippen LogP contribution in [0.15, 0.2) is 24.3 Å². The van der Waals surface area contributed by atoms with E-state index < -0.39 is 11.7 Å². The molecule has 0 fully saturated rings. The van der Waals surface area contributed by atoms with Gasteiger partial charge in [0.25, 0.3) is 0 Å². The van der Waals surface area contributed by atoms with Crippen LogP contribution in [0.3, 0.4) is 0 Å². The number of carbonyl (C=O) groups is 2. The van der Waals surface area contributed by atoms with Crippen molar-refractivity contribution in [3.63, 3.8) is 0 Å². The van der Waals surface area contributed by atoms with Crippen molar-refractivity contribution in [2.24, 2.45) is 0 Å². The lowest BCUT2D eigenvalue weighted by atomic mass is 10.0. The van der Waals surface area contributed by atoms with Crippen molar-refractivity contribution in [1.82, 2.24) is 5.32 Å². The lowest BCUT2D eigenvalue weighted by Crippen LogP contribution is -2.40. The molecule has 0 aliphatic carbocycles. The number of hydrogen-bond acceptors (Lipinski definition) is 5. The summed E-state index contributed by atoms with van der Waals surface area (Å²) in [5.74, 6) is -0.147. The number of nitrogens with one attached hydrogen (secondary N) is 1. The highest BCUT2D eigenvalue weighted by molar-refractivity contribution is 5.70. The van der Waals surface area contributed by atoms with Crippen LogP contribution < -0.4 is 5.32 Å². The average Bonchev–Trinajstić information content (AvgIpc) is 2.44. The van der Waals surface area contributed by atoms with Gasteiger partial charge in [0.1, 0.15) is 11.4 Å². The molecule has 0 aliphatic rings. The molecule has 2 N–H and O–H groups in total. The zero-order valence-electron chi connectivity index (χ0n) is 14.1. The Hall–Kier alpha value is -2.24. The predicted octanol–water partition coefficient (Wildman–Crippen LogP) is 2.78. The SMILES string of the molecule is COC(=O)CC[C@@H](Cc1ccc(O)cc1)NC(=O)OC(C)(C)C. The van der Waals surface area contributed by atoms with Crippen molar-refractivity contribution in [2.75, 3.05) is 7.11 Å². The van der Waals surface area contributed by atoms with E-state index >= 15 is 0 Å². The molecular formula is C17H25NO5. The van der Waals surface area contributed by atoms with Gasteiger partial charge in [-0.1, -0.05) is 12.1 Å². The van der Waals surface area contributed by atoms with E-state index in [2.05, 4.69) is 10.1 Å². The van der Waals surface area contributed by atoms with Gasteiger partial charge < -0.3 is 19.9 Å². The van der Waals surface area contributed by atoms with Gasteiger partial charge in [0.15, 0.2) is 0 Å². The molecule has 6 nitrogen and oxygen atoms in total. The quantitative estimate of drug-likeness (QED) is 0.786. The fraction of sp³-hybridized carbons (Fsp3) is 0.529. The van der Waals surface area contributed by atoms with E-state index in [0.29, 0.717) is 12.8 Å². The smallest absolute Gasteiger partial charge is 0.407 e. The second-order valence-electron chi connectivity index (χ2n) is 6.33. The van der Waals surface area contributed by atoms with Crippen molar-refractivity contribution in [3.05, 3.63) is 29.8 Å². The van der Waals surface area contributed by atoms with Gasteiger partial charge in [-0.2, -0.15) is 0 Å². The van der Waals surface area contributed by atoms with Gasteiger partial charge in [-0.05, 0) is 51.3 Å². The maximum Gasteiger partial charge on any atom is 0.407 e. The second kappa shape index (κ2) is 8.41. The number of ether oxygens (including phenoxy) is 2. The van der Waals surface area contributed by atoms with E-state index in [4.69, 9.17) is 4.74 Å². The lowest BCUT2D eigenvalue weighted by molar-refractivity contribution is -0.140. The molecule has 0 saturated carbocycles. The van der Waals surface area contributed by atoms with Crippen LogP contribution in [0, 0.1) is 0 Å². The van der Waals surface area contributed by atoms with Gasteiger partial charge in [0, 0.05) is 12.5 Å². The summed E-state index contributed by atoms with van der Waals surface area (Å²) < 4.78 is 9.89. The number of phenols is 1. The Morgan fingerprint density at radius 2 is 1.83 bits per heavy atom. The van der Waals surface area contributed by atoms with E-state index in [9.17, 15) is 14.7 Å². The first-order valence-electron chi connectivity index (χ1n) is 7.54. The third kappa shape index (κ3) is 8.09. The molecule has 0 saturated heterocycles. The second-order valence-corrected chi connectivity index (χ2v) is 6.33. The highest BCUT2D eigenvalue weighted by atomic mass is 16.6. The number of phenolic OH excluding ortho intramolecular Hbond substituents is 1. The number of amides is 1. The van der Waals surface area contributed by atoms with Crippen LogP contribution in [-0.2, 0) is 20.7 Å². The number of esters is 1. The van der Waals surface area contributed by atoms with Gasteiger partial charge in [0.2, 0.25) is 0 Å². The number of hydrogen-bond donors (Lipinski definition) is 2. The molecule has 0 aromatic heterocycles. The minimum Gasteiger partial charge on any atom is -0.508 e. The van der Waals surface area contributed by atoms with Gasteiger partial charge in [0.05, 0.1) is 7.11 Å². The van der Waals surface area contributed by atoms with Crippen LogP contribution in [0.1, 0.15) is 39.2 Å². The number of benzene rings is 1. The zero-order chi connectivity index (χ0) is 17.5. The molecule has 1 aromatic carbocycles. The molecular weight excluding hydrogens is 298 g/mol. The summed E-state index contributed by atoms with van der Waals surface area (Å²) in [6, 6.07) is 6.45. The highest BCUT2D eigenvalue weighted by Crippen LogP contribution is 2.14. The van der Waals surface area contributed by atoms with Crippen LogP contribution in [0.25, 0.3) is 0 Å². The number of rotatable bonds is 6. The van der Waals surface area contributed by atoms with E-state index in [1.807, 2.05) is 0 Å². The normalized spacial score (nSPS) is 12.3. The molecule has 1 aromatic rings. The number of carbonyl (C=O) groups excluding carboxylic acids is 2. The minimum atomic E-state index is -0.588. The summed E-state index contributed by atoms with van der Waals surface area (Å²) in [6.07, 6.45) is 0.643. The first kappa shape index (κ1) is 18.8. The minimum absolute atomic E-state index is 0.181. The van der Waals surface area contributed by atoms with Crippen LogP contribution >= 0.6 is 0 Å². The molecule has 1 rings (SSSR count). The summed E-state index contributed by atoms with van der Waals surface area (Å²) in [5, 5.41) is 12.1. The van der Waals surface area contributed by atoms with E-state index in [1.165, 1.54) is 7.11 Å². The summed E-state index contributed by atoms with van der Waals surface area (Å²) in [5.41, 5.74) is 0.351. The monoisotopic (exact) mass is 323 g/mol. The topological polar surface area (TPSA) is 84.9 Å². The maximum atomic E-state index is 11.9. The maximum absolute atomic E-state index is 11.9. The molecule has 1 amide bonds. The molecule has 0 heterocycles. The summed E-state index contributed by atoms with van der Waals surface area (Å²) in [6.45, 7) is 5.36. The Kier molecular flexibility index (Phi) is 6.88. The summed E-state index contributed by atoms with van der Waals surface area (Å²) >= 11 is 0. The van der Waals surface area contributed by atoms with Crippen molar-refractivity contribution >= 4 is 12.1 Å². The largest absolute Gasteiger partial charge is 0.508 e. The van der Waals surface area contributed by atoms with Crippen LogP contribution in [-0.4, -0.2) is 35.9 Å². The molecule has 128 valence electrons. The fourth-order valence-electron chi connectivity index (χ4n) is 2.01. The molecule has 1 atom stereocenters. The summed E-state index contributed by atoms with van der Waals surface area (Å²) in [4.78, 5) is 23.3. The Morgan fingerprint density at radius 3 is 2.35 bits per heavy atom. The van der Waals surface area contributed by atoms with Crippen LogP contribution in [0.4, 0.5) is 4.79 Å². The predicted molar refractivity (Wildman–Crippen MR) is 86.2 cm³/mol. The van der Waals surface area contributed by atoms with Crippen LogP contribution in [0.5, 0.6) is 5.75 Å². The van der Waals surface area contributed by atoms with E-state index in [-0.39, 0.29) is 24.2 Å². The van der Waals surface area contributed by atoms with Crippen molar-refractivity contribution < 1.29 is 24.2 Å². The summed E-state index contributed by atoms with van der Waals surface area (Å²) in [7, 11) is 1.33. The highest BCUT2D eigenvalue weighted by Gasteiger charge is 2.20. The van der Waals surface area contributed by atoms with Gasteiger partial charge in [-0.25, -0.2) is 4.79 Å². The Bertz CT molecular complexity index is 519. The zero-order valence-corrected chi connectivity index (χ0v) is 14.1. The fourth-order valence-corrected chi connectivity index (χ4v) is 2.01. The van der Waals surface area contributed by atoms with Crippen molar-refractivity contribution in [1.29, 1.82) is 0 Å². The number of methoxy groups -OCH3 is 1. The van der Waals surface area contributed by atoms with Gasteiger partial charge >= 0.3 is 12.1 Å². The molecule has 23 heavy (non-hydrogen) atoms. The molecule has 0 bridgehead atoms. The van der Waals surface area contributed by atoms with Gasteiger partial charge in [-0.15, -0.1) is 0 Å². The third-order valence-corrected chi connectivity index (χ3v) is 3.06. The molecule has 0 aliphatic heterocycles. The van der Waals surface area contributed by atoms with E-state index in [0.717, 1.165) is 5.56 Å². The first-order chi connectivity index (χ1) is 10.7. The van der Waals surface area contributed by atoms with Crippen molar-refractivity contribution in [2.45, 2.75) is 51.7 Å². The number of alkyl carbamates (subject to hydrolysis) is 1. The third-order valence-electron chi connectivity index (χ3n) is 3.06. The van der Waals surface area contributed by atoms with Gasteiger partial charge in [-0.3, -0.25) is 4.79 Å². The van der Waals surface area contributed by atoms with E-state index in [1.54, 1.807) is 45.0 Å². The Balaban J connectivity index is 2.69. The van der Waals surface area contributed by atoms with Crippen LogP contribution in [0.2, 0.25) is 0 Å². The molecule has 0 spiro atoms. The molecule has 6 heteroatoms.